The first kappa shape index (κ1) is 18.5. The normalized spacial score (nSPS) is 13.2. The summed E-state index contributed by atoms with van der Waals surface area (Å²) in [4.78, 5) is 9.05. The van der Waals surface area contributed by atoms with Gasteiger partial charge in [0.15, 0.2) is 0 Å². The van der Waals surface area contributed by atoms with Crippen LogP contribution in [0.1, 0.15) is 28.3 Å². The zero-order valence-electron chi connectivity index (χ0n) is 14.5. The molecule has 1 aromatic carbocycles. The predicted molar refractivity (Wildman–Crippen MR) is 98.7 cm³/mol. The topological polar surface area (TPSA) is 63.8 Å². The van der Waals surface area contributed by atoms with Crippen molar-refractivity contribution in [1.82, 2.24) is 20.4 Å². The lowest BCUT2D eigenvalue weighted by Crippen LogP contribution is -2.24. The van der Waals surface area contributed by atoms with Crippen molar-refractivity contribution in [3.8, 4) is 11.4 Å². The van der Waals surface area contributed by atoms with Crippen molar-refractivity contribution in [2.45, 2.75) is 32.7 Å². The molecule has 0 saturated carbocycles. The van der Waals surface area contributed by atoms with Gasteiger partial charge in [0.05, 0.1) is 0 Å². The third-order valence-electron chi connectivity index (χ3n) is 4.56. The van der Waals surface area contributed by atoms with Crippen LogP contribution in [0, 0.1) is 12.7 Å². The Balaban J connectivity index is 0.00000196. The van der Waals surface area contributed by atoms with Gasteiger partial charge in [-0.2, -0.15) is 4.98 Å². The lowest BCUT2D eigenvalue weighted by Gasteiger charge is -2.19. The predicted octanol–water partition coefficient (Wildman–Crippen LogP) is 3.43. The van der Waals surface area contributed by atoms with Crippen molar-refractivity contribution < 1.29 is 8.91 Å². The van der Waals surface area contributed by atoms with E-state index in [0.29, 0.717) is 18.1 Å². The van der Waals surface area contributed by atoms with Gasteiger partial charge in [-0.05, 0) is 55.1 Å². The Bertz CT molecular complexity index is 895. The quantitative estimate of drug-likeness (QED) is 0.758. The molecule has 136 valence electrons. The van der Waals surface area contributed by atoms with Crippen LogP contribution in [0.5, 0.6) is 0 Å². The molecule has 26 heavy (non-hydrogen) atoms. The van der Waals surface area contributed by atoms with Crippen LogP contribution in [0.4, 0.5) is 4.39 Å². The Kier molecular flexibility index (Phi) is 5.64. The van der Waals surface area contributed by atoms with Gasteiger partial charge in [-0.3, -0.25) is 4.98 Å². The number of benzene rings is 1. The third kappa shape index (κ3) is 3.76. The van der Waals surface area contributed by atoms with E-state index in [-0.39, 0.29) is 18.2 Å². The molecule has 0 aliphatic carbocycles. The van der Waals surface area contributed by atoms with Crippen LogP contribution < -0.4 is 5.32 Å². The first-order chi connectivity index (χ1) is 12.2. The summed E-state index contributed by atoms with van der Waals surface area (Å²) in [5.41, 5.74) is 5.42. The van der Waals surface area contributed by atoms with Crippen molar-refractivity contribution in [2.24, 2.45) is 0 Å². The van der Waals surface area contributed by atoms with Crippen LogP contribution in [0.3, 0.4) is 0 Å². The molecule has 0 atom stereocenters. The third-order valence-corrected chi connectivity index (χ3v) is 4.56. The van der Waals surface area contributed by atoms with Crippen molar-refractivity contribution in [1.29, 1.82) is 0 Å². The van der Waals surface area contributed by atoms with E-state index in [1.807, 2.05) is 13.1 Å². The smallest absolute Gasteiger partial charge is 0.227 e. The van der Waals surface area contributed by atoms with Gasteiger partial charge >= 0.3 is 0 Å². The highest BCUT2D eigenvalue weighted by molar-refractivity contribution is 5.85. The monoisotopic (exact) mass is 374 g/mol. The summed E-state index contributed by atoms with van der Waals surface area (Å²) < 4.78 is 18.4. The number of hydrogen-bond donors (Lipinski definition) is 1. The highest BCUT2D eigenvalue weighted by Crippen LogP contribution is 2.28. The fourth-order valence-corrected chi connectivity index (χ4v) is 3.23. The lowest BCUT2D eigenvalue weighted by molar-refractivity contribution is 0.379. The Morgan fingerprint density at radius 3 is 2.81 bits per heavy atom. The molecule has 1 aliphatic heterocycles. The van der Waals surface area contributed by atoms with Crippen molar-refractivity contribution in [3.63, 3.8) is 0 Å². The first-order valence-corrected chi connectivity index (χ1v) is 8.46. The molecule has 2 aromatic heterocycles. The zero-order valence-corrected chi connectivity index (χ0v) is 15.3. The SMILES string of the molecule is Cc1ncc2c(c1-c1noc(CCc3ccc(F)cc3)n1)CCNC2.Cl. The highest BCUT2D eigenvalue weighted by atomic mass is 35.5. The minimum absolute atomic E-state index is 0. The van der Waals surface area contributed by atoms with Crippen LogP contribution in [0.25, 0.3) is 11.4 Å². The average Bonchev–Trinajstić information content (AvgIpc) is 3.09. The number of rotatable bonds is 4. The second-order valence-electron chi connectivity index (χ2n) is 6.29. The molecule has 0 fully saturated rings. The van der Waals surface area contributed by atoms with E-state index < -0.39 is 0 Å². The molecule has 0 saturated heterocycles. The molecular weight excluding hydrogens is 355 g/mol. The summed E-state index contributed by atoms with van der Waals surface area (Å²) in [5.74, 6) is 0.971. The van der Waals surface area contributed by atoms with Crippen LogP contribution in [0.15, 0.2) is 35.0 Å². The van der Waals surface area contributed by atoms with Gasteiger partial charge in [0.25, 0.3) is 0 Å². The number of nitrogens with zero attached hydrogens (tertiary/aromatic N) is 3. The number of aromatic nitrogens is 3. The van der Waals surface area contributed by atoms with E-state index in [0.717, 1.165) is 42.8 Å². The molecule has 7 heteroatoms. The number of halogens is 2. The lowest BCUT2D eigenvalue weighted by atomic mass is 9.95. The van der Waals surface area contributed by atoms with E-state index >= 15 is 0 Å². The summed E-state index contributed by atoms with van der Waals surface area (Å²) in [6.45, 7) is 3.75. The van der Waals surface area contributed by atoms with Gasteiger partial charge in [-0.1, -0.05) is 17.3 Å². The molecular formula is C19H20ClFN4O. The Morgan fingerprint density at radius 1 is 1.19 bits per heavy atom. The van der Waals surface area contributed by atoms with E-state index in [1.165, 1.54) is 23.3 Å². The minimum Gasteiger partial charge on any atom is -0.339 e. The molecule has 0 spiro atoms. The fourth-order valence-electron chi connectivity index (χ4n) is 3.23. The maximum atomic E-state index is 13.0. The molecule has 1 aliphatic rings. The van der Waals surface area contributed by atoms with Gasteiger partial charge in [0, 0.05) is 30.4 Å². The highest BCUT2D eigenvalue weighted by Gasteiger charge is 2.20. The number of hydrogen-bond acceptors (Lipinski definition) is 5. The standard InChI is InChI=1S/C19H19FN4O.ClH/c1-12-18(16-8-9-21-10-14(16)11-22-12)19-23-17(25-24-19)7-4-13-2-5-15(20)6-3-13;/h2-3,5-6,11,21H,4,7-10H2,1H3;1H. The Hall–Kier alpha value is -2.31. The number of nitrogens with one attached hydrogen (secondary N) is 1. The summed E-state index contributed by atoms with van der Waals surface area (Å²) >= 11 is 0. The molecule has 4 rings (SSSR count). The summed E-state index contributed by atoms with van der Waals surface area (Å²) in [6, 6.07) is 6.49. The summed E-state index contributed by atoms with van der Waals surface area (Å²) in [7, 11) is 0. The minimum atomic E-state index is -0.227. The van der Waals surface area contributed by atoms with E-state index in [2.05, 4.69) is 20.4 Å². The van der Waals surface area contributed by atoms with Crippen molar-refractivity contribution in [3.05, 3.63) is 64.6 Å². The zero-order chi connectivity index (χ0) is 17.2. The average molecular weight is 375 g/mol. The Labute approximate surface area is 157 Å². The van der Waals surface area contributed by atoms with Gasteiger partial charge in [-0.25, -0.2) is 4.39 Å². The second kappa shape index (κ2) is 7.93. The number of aryl methyl sites for hydroxylation is 3. The molecule has 3 heterocycles. The first-order valence-electron chi connectivity index (χ1n) is 8.46. The van der Waals surface area contributed by atoms with Gasteiger partial charge in [0.2, 0.25) is 11.7 Å². The molecule has 5 nitrogen and oxygen atoms in total. The number of pyridine rings is 1. The van der Waals surface area contributed by atoms with Gasteiger partial charge in [0.1, 0.15) is 5.82 Å². The van der Waals surface area contributed by atoms with Crippen LogP contribution in [0.2, 0.25) is 0 Å². The van der Waals surface area contributed by atoms with Crippen LogP contribution >= 0.6 is 12.4 Å². The van der Waals surface area contributed by atoms with E-state index in [1.54, 1.807) is 12.1 Å². The van der Waals surface area contributed by atoms with Crippen molar-refractivity contribution >= 4 is 12.4 Å². The van der Waals surface area contributed by atoms with E-state index in [9.17, 15) is 4.39 Å². The maximum Gasteiger partial charge on any atom is 0.227 e. The molecule has 0 radical (unpaired) electrons. The largest absolute Gasteiger partial charge is 0.339 e. The second-order valence-corrected chi connectivity index (χ2v) is 6.29. The molecule has 3 aromatic rings. The van der Waals surface area contributed by atoms with Crippen LogP contribution in [-0.2, 0) is 25.8 Å². The Morgan fingerprint density at radius 2 is 2.00 bits per heavy atom. The van der Waals surface area contributed by atoms with Gasteiger partial charge in [-0.15, -0.1) is 12.4 Å². The summed E-state index contributed by atoms with van der Waals surface area (Å²) in [5, 5.41) is 7.53. The summed E-state index contributed by atoms with van der Waals surface area (Å²) in [6.07, 6.45) is 4.22. The number of fused-ring (bicyclic) bond motifs is 1. The van der Waals surface area contributed by atoms with E-state index in [4.69, 9.17) is 4.52 Å². The van der Waals surface area contributed by atoms with Gasteiger partial charge < -0.3 is 9.84 Å². The van der Waals surface area contributed by atoms with Crippen molar-refractivity contribution in [2.75, 3.05) is 6.54 Å². The molecule has 1 N–H and O–H groups in total. The van der Waals surface area contributed by atoms with Crippen LogP contribution in [-0.4, -0.2) is 21.7 Å². The maximum absolute atomic E-state index is 13.0. The molecule has 0 bridgehead atoms. The molecule has 0 unspecified atom stereocenters. The molecule has 0 amide bonds. The fraction of sp³-hybridized carbons (Fsp3) is 0.316.